The molecule has 0 bridgehead atoms. The van der Waals surface area contributed by atoms with Gasteiger partial charge in [-0.1, -0.05) is 54.1 Å². The zero-order chi connectivity index (χ0) is 31.2. The van der Waals surface area contributed by atoms with Crippen LogP contribution < -0.4 is 10.6 Å². The van der Waals surface area contributed by atoms with Gasteiger partial charge in [0, 0.05) is 13.0 Å². The molecule has 3 amide bonds. The SMILES string of the molecule is CCN(C(=O)C(Cc1ccc(O)cc1)NC(=O)OC(C)(C)C)C(C(=O)Nc1c(C)cccc1Cl)c1cccc(C)c1C. The average Bonchev–Trinajstić information content (AvgIpc) is 2.90. The highest BCUT2D eigenvalue weighted by Gasteiger charge is 2.37. The summed E-state index contributed by atoms with van der Waals surface area (Å²) in [6.45, 7) is 12.9. The number of para-hydroxylation sites is 1. The molecule has 0 radical (unpaired) electrons. The molecule has 3 rings (SSSR count). The maximum absolute atomic E-state index is 14.3. The van der Waals surface area contributed by atoms with Gasteiger partial charge in [-0.15, -0.1) is 0 Å². The molecule has 42 heavy (non-hydrogen) atoms. The zero-order valence-electron chi connectivity index (χ0n) is 25.2. The second kappa shape index (κ2) is 13.7. The Kier molecular flexibility index (Phi) is 10.6. The number of anilines is 1. The summed E-state index contributed by atoms with van der Waals surface area (Å²) in [5, 5.41) is 15.8. The fraction of sp³-hybridized carbons (Fsp3) is 0.364. The van der Waals surface area contributed by atoms with E-state index < -0.39 is 35.6 Å². The first-order chi connectivity index (χ1) is 19.7. The Hall–Kier alpha value is -4.04. The number of nitrogens with zero attached hydrogens (tertiary/aromatic N) is 1. The van der Waals surface area contributed by atoms with Crippen molar-refractivity contribution in [3.63, 3.8) is 0 Å². The average molecular weight is 594 g/mol. The van der Waals surface area contributed by atoms with Gasteiger partial charge in [-0.25, -0.2) is 4.79 Å². The van der Waals surface area contributed by atoms with E-state index in [0.717, 1.165) is 16.7 Å². The van der Waals surface area contributed by atoms with Gasteiger partial charge >= 0.3 is 6.09 Å². The molecule has 0 saturated heterocycles. The molecule has 0 fully saturated rings. The van der Waals surface area contributed by atoms with Crippen molar-refractivity contribution in [3.8, 4) is 5.75 Å². The molecule has 2 atom stereocenters. The van der Waals surface area contributed by atoms with Gasteiger partial charge in [-0.05, 0) is 94.5 Å². The summed E-state index contributed by atoms with van der Waals surface area (Å²) in [7, 11) is 0. The van der Waals surface area contributed by atoms with Gasteiger partial charge in [0.1, 0.15) is 23.4 Å². The minimum atomic E-state index is -1.06. The van der Waals surface area contributed by atoms with Crippen LogP contribution in [0.3, 0.4) is 0 Å². The van der Waals surface area contributed by atoms with Gasteiger partial charge < -0.3 is 25.4 Å². The van der Waals surface area contributed by atoms with Crippen molar-refractivity contribution in [2.75, 3.05) is 11.9 Å². The van der Waals surface area contributed by atoms with Crippen LogP contribution in [-0.2, 0) is 20.7 Å². The number of carbonyl (C=O) groups is 3. The van der Waals surface area contributed by atoms with Crippen LogP contribution in [0, 0.1) is 20.8 Å². The Morgan fingerprint density at radius 3 is 2.17 bits per heavy atom. The maximum atomic E-state index is 14.3. The van der Waals surface area contributed by atoms with Crippen LogP contribution in [0.4, 0.5) is 10.5 Å². The number of hydrogen-bond donors (Lipinski definition) is 3. The van der Waals surface area contributed by atoms with Gasteiger partial charge in [-0.2, -0.15) is 0 Å². The number of aryl methyl sites for hydroxylation is 2. The first-order valence-corrected chi connectivity index (χ1v) is 14.3. The smallest absolute Gasteiger partial charge is 0.408 e. The summed E-state index contributed by atoms with van der Waals surface area (Å²) < 4.78 is 5.47. The van der Waals surface area contributed by atoms with E-state index in [4.69, 9.17) is 16.3 Å². The predicted octanol–water partition coefficient (Wildman–Crippen LogP) is 6.64. The van der Waals surface area contributed by atoms with Crippen molar-refractivity contribution in [2.45, 2.75) is 72.6 Å². The van der Waals surface area contributed by atoms with Gasteiger partial charge in [0.05, 0.1) is 10.7 Å². The second-order valence-electron chi connectivity index (χ2n) is 11.3. The fourth-order valence-corrected chi connectivity index (χ4v) is 4.95. The molecule has 9 heteroatoms. The quantitative estimate of drug-likeness (QED) is 0.258. The van der Waals surface area contributed by atoms with Gasteiger partial charge in [0.2, 0.25) is 5.91 Å². The highest BCUT2D eigenvalue weighted by Crippen LogP contribution is 2.31. The number of aromatic hydroxyl groups is 1. The lowest BCUT2D eigenvalue weighted by molar-refractivity contribution is -0.140. The van der Waals surface area contributed by atoms with E-state index in [1.54, 1.807) is 52.0 Å². The number of nitrogens with one attached hydrogen (secondary N) is 2. The number of phenols is 1. The van der Waals surface area contributed by atoms with E-state index in [2.05, 4.69) is 10.6 Å². The maximum Gasteiger partial charge on any atom is 0.408 e. The van der Waals surface area contributed by atoms with Crippen LogP contribution in [0.5, 0.6) is 5.75 Å². The lowest BCUT2D eigenvalue weighted by Gasteiger charge is -2.34. The standard InChI is InChI=1S/C33H40ClN3O5/c1-8-37(31(40)27(35-32(41)42-33(5,6)7)19-23-15-17-24(38)18-16-23)29(25-13-9-11-20(2)22(25)4)30(39)36-28-21(3)12-10-14-26(28)34/h9-18,27,29,38H,8,19H2,1-7H3,(H,35,41)(H,36,39). The molecule has 0 heterocycles. The van der Waals surface area contributed by atoms with E-state index in [1.807, 2.05) is 45.0 Å². The highest BCUT2D eigenvalue weighted by molar-refractivity contribution is 6.34. The van der Waals surface area contributed by atoms with Gasteiger partial charge in [-0.3, -0.25) is 9.59 Å². The Labute approximate surface area is 253 Å². The number of hydrogen-bond acceptors (Lipinski definition) is 5. The predicted molar refractivity (Wildman–Crippen MR) is 166 cm³/mol. The van der Waals surface area contributed by atoms with Crippen LogP contribution in [0.15, 0.2) is 60.7 Å². The monoisotopic (exact) mass is 593 g/mol. The number of ether oxygens (including phenoxy) is 1. The molecule has 224 valence electrons. The molecule has 0 spiro atoms. The summed E-state index contributed by atoms with van der Waals surface area (Å²) in [5.74, 6) is -0.817. The van der Waals surface area contributed by atoms with Crippen LogP contribution >= 0.6 is 11.6 Å². The fourth-order valence-electron chi connectivity index (χ4n) is 4.69. The molecule has 0 aliphatic rings. The zero-order valence-corrected chi connectivity index (χ0v) is 26.0. The van der Waals surface area contributed by atoms with Crippen LogP contribution in [-0.4, -0.2) is 46.1 Å². The minimum absolute atomic E-state index is 0.0819. The van der Waals surface area contributed by atoms with Crippen molar-refractivity contribution in [1.29, 1.82) is 0 Å². The van der Waals surface area contributed by atoms with E-state index in [-0.39, 0.29) is 18.7 Å². The van der Waals surface area contributed by atoms with Crippen LogP contribution in [0.25, 0.3) is 0 Å². The van der Waals surface area contributed by atoms with E-state index >= 15 is 0 Å². The summed E-state index contributed by atoms with van der Waals surface area (Å²) in [6.07, 6.45) is -0.644. The Bertz CT molecular complexity index is 1410. The molecule has 3 N–H and O–H groups in total. The summed E-state index contributed by atoms with van der Waals surface area (Å²) in [5.41, 5.74) is 3.67. The van der Waals surface area contributed by atoms with E-state index in [1.165, 1.54) is 17.0 Å². The van der Waals surface area contributed by atoms with Crippen LogP contribution in [0.1, 0.15) is 61.6 Å². The molecule has 0 saturated carbocycles. The van der Waals surface area contributed by atoms with Crippen molar-refractivity contribution < 1.29 is 24.2 Å². The minimum Gasteiger partial charge on any atom is -0.508 e. The van der Waals surface area contributed by atoms with Crippen LogP contribution in [0.2, 0.25) is 5.02 Å². The third kappa shape index (κ3) is 8.26. The molecule has 3 aromatic carbocycles. The van der Waals surface area contributed by atoms with Crippen molar-refractivity contribution >= 4 is 35.2 Å². The summed E-state index contributed by atoms with van der Waals surface area (Å²) in [6, 6.07) is 15.3. The Morgan fingerprint density at radius 2 is 1.57 bits per heavy atom. The number of rotatable bonds is 9. The van der Waals surface area contributed by atoms with Crippen molar-refractivity contribution in [1.82, 2.24) is 10.2 Å². The van der Waals surface area contributed by atoms with Crippen molar-refractivity contribution in [2.24, 2.45) is 0 Å². The van der Waals surface area contributed by atoms with Crippen molar-refractivity contribution in [3.05, 3.63) is 93.5 Å². The lowest BCUT2D eigenvalue weighted by atomic mass is 9.94. The Morgan fingerprint density at radius 1 is 0.952 bits per heavy atom. The van der Waals surface area contributed by atoms with Gasteiger partial charge in [0.15, 0.2) is 0 Å². The molecule has 0 aromatic heterocycles. The molecule has 0 aliphatic heterocycles. The number of halogens is 1. The summed E-state index contributed by atoms with van der Waals surface area (Å²) in [4.78, 5) is 42.8. The van der Waals surface area contributed by atoms with Gasteiger partial charge in [0.25, 0.3) is 5.91 Å². The number of phenolic OH excluding ortho intramolecular Hbond substituents is 1. The first-order valence-electron chi connectivity index (χ1n) is 13.9. The largest absolute Gasteiger partial charge is 0.508 e. The lowest BCUT2D eigenvalue weighted by Crippen LogP contribution is -2.53. The number of likely N-dealkylation sites (N-methyl/N-ethyl adjacent to an activating group) is 1. The third-order valence-corrected chi connectivity index (χ3v) is 7.28. The number of amides is 3. The molecular weight excluding hydrogens is 554 g/mol. The third-order valence-electron chi connectivity index (χ3n) is 6.96. The number of benzene rings is 3. The number of alkyl carbamates (subject to hydrolysis) is 1. The Balaban J connectivity index is 2.08. The van der Waals surface area contributed by atoms with E-state index in [0.29, 0.717) is 21.8 Å². The number of carbonyl (C=O) groups excluding carboxylic acids is 3. The highest BCUT2D eigenvalue weighted by atomic mass is 35.5. The second-order valence-corrected chi connectivity index (χ2v) is 11.7. The molecule has 2 unspecified atom stereocenters. The molecule has 0 aliphatic carbocycles. The molecule has 8 nitrogen and oxygen atoms in total. The normalized spacial score (nSPS) is 12.7. The molecule has 3 aromatic rings. The van der Waals surface area contributed by atoms with E-state index in [9.17, 15) is 19.5 Å². The summed E-state index contributed by atoms with van der Waals surface area (Å²) >= 11 is 6.44. The first kappa shape index (κ1) is 32.5. The topological polar surface area (TPSA) is 108 Å². The molecular formula is C33H40ClN3O5.